The van der Waals surface area contributed by atoms with E-state index in [1.807, 2.05) is 13.8 Å². The number of hydrogen-bond acceptors (Lipinski definition) is 4. The summed E-state index contributed by atoms with van der Waals surface area (Å²) in [7, 11) is 0. The molecule has 0 unspecified atom stereocenters. The van der Waals surface area contributed by atoms with Gasteiger partial charge in [-0.05, 0) is 12.8 Å². The van der Waals surface area contributed by atoms with Crippen molar-refractivity contribution < 1.29 is 4.79 Å². The van der Waals surface area contributed by atoms with Crippen LogP contribution in [0.4, 0.5) is 5.82 Å². The molecule has 116 valence electrons. The van der Waals surface area contributed by atoms with Gasteiger partial charge in [0.05, 0.1) is 5.75 Å². The van der Waals surface area contributed by atoms with Crippen LogP contribution in [0, 0.1) is 0 Å². The summed E-state index contributed by atoms with van der Waals surface area (Å²) in [5.41, 5.74) is -0.593. The van der Waals surface area contributed by atoms with Crippen molar-refractivity contribution in [3.8, 4) is 0 Å². The number of rotatable bonds is 6. The van der Waals surface area contributed by atoms with Crippen LogP contribution in [0.5, 0.6) is 0 Å². The molecule has 1 aromatic rings. The van der Waals surface area contributed by atoms with Crippen LogP contribution in [0.1, 0.15) is 39.5 Å². The number of hydrogen-bond donors (Lipinski definition) is 1. The molecule has 1 amide bonds. The first-order valence-corrected chi connectivity index (χ1v) is 8.39. The highest BCUT2D eigenvalue weighted by atomic mass is 32.2. The van der Waals surface area contributed by atoms with E-state index in [0.717, 1.165) is 25.7 Å². The standard InChI is InChI=1S/C14H21N3O3S/c1-3-5-7-16-12-11(21-9-10(18)15-12)13(19)17(14(16)20)8-6-4-2/h3-9H2,1-2H3,(H,15,18). The topological polar surface area (TPSA) is 73.1 Å². The molecule has 1 N–H and O–H groups in total. The largest absolute Gasteiger partial charge is 0.332 e. The summed E-state index contributed by atoms with van der Waals surface area (Å²) in [5.74, 6) is 0.442. The molecule has 1 aliphatic heterocycles. The molecule has 0 atom stereocenters. The molecular weight excluding hydrogens is 290 g/mol. The quantitative estimate of drug-likeness (QED) is 0.867. The second-order valence-corrected chi connectivity index (χ2v) is 6.10. The number of fused-ring (bicyclic) bond motifs is 1. The molecule has 0 saturated heterocycles. The molecule has 0 spiro atoms. The van der Waals surface area contributed by atoms with Crippen molar-refractivity contribution in [3.63, 3.8) is 0 Å². The lowest BCUT2D eigenvalue weighted by molar-refractivity contribution is -0.114. The molecule has 1 aliphatic rings. The van der Waals surface area contributed by atoms with E-state index in [2.05, 4.69) is 5.32 Å². The van der Waals surface area contributed by atoms with Crippen molar-refractivity contribution in [2.75, 3.05) is 11.1 Å². The van der Waals surface area contributed by atoms with Crippen LogP contribution >= 0.6 is 11.8 Å². The van der Waals surface area contributed by atoms with Crippen molar-refractivity contribution in [2.24, 2.45) is 0 Å². The SMILES string of the molecule is CCCCn1c2c(c(=O)n(CCCC)c1=O)SCC(=O)N2. The molecule has 7 heteroatoms. The summed E-state index contributed by atoms with van der Waals surface area (Å²) >= 11 is 1.22. The Kier molecular flexibility index (Phi) is 5.27. The third kappa shape index (κ3) is 3.23. The number of nitrogens with zero attached hydrogens (tertiary/aromatic N) is 2. The molecular formula is C14H21N3O3S. The number of aromatic nitrogens is 2. The number of amides is 1. The predicted octanol–water partition coefficient (Wildman–Crippen LogP) is 1.65. The third-order valence-electron chi connectivity index (χ3n) is 3.46. The maximum Gasteiger partial charge on any atom is 0.332 e. The summed E-state index contributed by atoms with van der Waals surface area (Å²) in [4.78, 5) is 37.1. The van der Waals surface area contributed by atoms with Crippen LogP contribution in [0.25, 0.3) is 0 Å². The molecule has 0 saturated carbocycles. The van der Waals surface area contributed by atoms with Crippen LogP contribution < -0.4 is 16.6 Å². The summed E-state index contributed by atoms with van der Waals surface area (Å²) in [6.45, 7) is 5.01. The van der Waals surface area contributed by atoms with Crippen LogP contribution in [0.2, 0.25) is 0 Å². The van der Waals surface area contributed by atoms with E-state index in [1.54, 1.807) is 4.57 Å². The molecule has 1 aromatic heterocycles. The van der Waals surface area contributed by atoms with Gasteiger partial charge in [0.2, 0.25) is 5.91 Å². The van der Waals surface area contributed by atoms with Gasteiger partial charge in [-0.1, -0.05) is 26.7 Å². The second-order valence-electron chi connectivity index (χ2n) is 5.11. The average Bonchev–Trinajstić information content (AvgIpc) is 2.47. The van der Waals surface area contributed by atoms with Crippen molar-refractivity contribution >= 4 is 23.5 Å². The van der Waals surface area contributed by atoms with Gasteiger partial charge in [0.15, 0.2) is 0 Å². The maximum atomic E-state index is 12.5. The normalized spacial score (nSPS) is 13.9. The third-order valence-corrected chi connectivity index (χ3v) is 4.53. The second kappa shape index (κ2) is 6.98. The van der Waals surface area contributed by atoms with Crippen molar-refractivity contribution in [2.45, 2.75) is 57.5 Å². The highest BCUT2D eigenvalue weighted by Crippen LogP contribution is 2.27. The molecule has 0 aliphatic carbocycles. The number of thioether (sulfide) groups is 1. The van der Waals surface area contributed by atoms with E-state index < -0.39 is 0 Å². The molecule has 2 rings (SSSR count). The highest BCUT2D eigenvalue weighted by molar-refractivity contribution is 8.00. The molecule has 0 fully saturated rings. The fraction of sp³-hybridized carbons (Fsp3) is 0.643. The monoisotopic (exact) mass is 311 g/mol. The Balaban J connectivity index is 2.57. The van der Waals surface area contributed by atoms with Gasteiger partial charge in [-0.2, -0.15) is 0 Å². The van der Waals surface area contributed by atoms with Crippen LogP contribution in [-0.2, 0) is 17.9 Å². The van der Waals surface area contributed by atoms with Crippen molar-refractivity contribution in [3.05, 3.63) is 20.8 Å². The van der Waals surface area contributed by atoms with Gasteiger partial charge in [0.1, 0.15) is 10.7 Å². The Morgan fingerprint density at radius 3 is 2.29 bits per heavy atom. The summed E-state index contributed by atoms with van der Waals surface area (Å²) in [5, 5.41) is 2.69. The smallest absolute Gasteiger partial charge is 0.310 e. The first kappa shape index (κ1) is 15.9. The lowest BCUT2D eigenvalue weighted by Gasteiger charge is -2.22. The fourth-order valence-corrected chi connectivity index (χ4v) is 3.15. The van der Waals surface area contributed by atoms with Gasteiger partial charge < -0.3 is 5.32 Å². The van der Waals surface area contributed by atoms with E-state index in [-0.39, 0.29) is 22.9 Å². The maximum absolute atomic E-state index is 12.5. The predicted molar refractivity (Wildman–Crippen MR) is 84.1 cm³/mol. The Morgan fingerprint density at radius 1 is 1.05 bits per heavy atom. The van der Waals surface area contributed by atoms with Crippen LogP contribution in [-0.4, -0.2) is 20.8 Å². The van der Waals surface area contributed by atoms with Gasteiger partial charge in [-0.3, -0.25) is 18.7 Å². The highest BCUT2D eigenvalue weighted by Gasteiger charge is 2.25. The summed E-state index contributed by atoms with van der Waals surface area (Å²) < 4.78 is 2.85. The van der Waals surface area contributed by atoms with Crippen LogP contribution in [0.3, 0.4) is 0 Å². The Bertz CT molecular complexity index is 648. The summed E-state index contributed by atoms with van der Waals surface area (Å²) in [6, 6.07) is 0. The number of carbonyl (C=O) groups is 1. The van der Waals surface area contributed by atoms with Gasteiger partial charge in [0, 0.05) is 13.1 Å². The first-order chi connectivity index (χ1) is 10.1. The molecule has 2 heterocycles. The van der Waals surface area contributed by atoms with Gasteiger partial charge in [0.25, 0.3) is 5.56 Å². The Labute approximate surface area is 127 Å². The summed E-state index contributed by atoms with van der Waals surface area (Å²) in [6.07, 6.45) is 3.48. The Hall–Kier alpha value is -1.50. The minimum Gasteiger partial charge on any atom is -0.310 e. The number of carbonyl (C=O) groups excluding carboxylic acids is 1. The average molecular weight is 311 g/mol. The number of anilines is 1. The van der Waals surface area contributed by atoms with Gasteiger partial charge in [-0.25, -0.2) is 4.79 Å². The minimum atomic E-state index is -0.316. The van der Waals surface area contributed by atoms with Crippen molar-refractivity contribution in [1.82, 2.24) is 9.13 Å². The first-order valence-electron chi connectivity index (χ1n) is 7.40. The fourth-order valence-electron chi connectivity index (χ4n) is 2.27. The van der Waals surface area contributed by atoms with E-state index in [4.69, 9.17) is 0 Å². The van der Waals surface area contributed by atoms with Gasteiger partial charge in [-0.15, -0.1) is 11.8 Å². The van der Waals surface area contributed by atoms with Crippen molar-refractivity contribution in [1.29, 1.82) is 0 Å². The van der Waals surface area contributed by atoms with Crippen LogP contribution in [0.15, 0.2) is 14.5 Å². The molecule has 6 nitrogen and oxygen atoms in total. The molecule has 0 radical (unpaired) electrons. The lowest BCUT2D eigenvalue weighted by Crippen LogP contribution is -2.44. The molecule has 0 bridgehead atoms. The zero-order valence-electron chi connectivity index (χ0n) is 12.5. The van der Waals surface area contributed by atoms with E-state index >= 15 is 0 Å². The molecule has 0 aromatic carbocycles. The Morgan fingerprint density at radius 2 is 1.67 bits per heavy atom. The zero-order valence-corrected chi connectivity index (χ0v) is 13.3. The van der Waals surface area contributed by atoms with E-state index in [9.17, 15) is 14.4 Å². The van der Waals surface area contributed by atoms with E-state index in [0.29, 0.717) is 23.8 Å². The zero-order chi connectivity index (χ0) is 15.4. The number of nitrogens with one attached hydrogen (secondary N) is 1. The minimum absolute atomic E-state index is 0.164. The molecule has 21 heavy (non-hydrogen) atoms. The van der Waals surface area contributed by atoms with Gasteiger partial charge >= 0.3 is 5.69 Å². The lowest BCUT2D eigenvalue weighted by atomic mass is 10.3. The number of unbranched alkanes of at least 4 members (excludes halogenated alkanes) is 2. The van der Waals surface area contributed by atoms with E-state index in [1.165, 1.54) is 16.3 Å².